The molecular weight excluding hydrogens is 240 g/mol. The first kappa shape index (κ1) is 15.5. The van der Waals surface area contributed by atoms with Gasteiger partial charge in [0.2, 0.25) is 0 Å². The molecule has 0 radical (unpaired) electrons. The molecular formula is C15H24N2O2. The van der Waals surface area contributed by atoms with Crippen molar-refractivity contribution in [1.82, 2.24) is 5.32 Å². The second-order valence-corrected chi connectivity index (χ2v) is 4.57. The molecule has 2 amide bonds. The normalized spacial score (nSPS) is 10.2. The highest BCUT2D eigenvalue weighted by molar-refractivity contribution is 5.89. The molecule has 0 bridgehead atoms. The SMILES string of the molecule is CCCCOCCCNC(=O)Nc1ccc(C)cc1. The van der Waals surface area contributed by atoms with Crippen molar-refractivity contribution in [3.8, 4) is 0 Å². The number of aryl methyl sites for hydroxylation is 1. The van der Waals surface area contributed by atoms with Gasteiger partial charge in [0.1, 0.15) is 0 Å². The highest BCUT2D eigenvalue weighted by Crippen LogP contribution is 2.07. The van der Waals surface area contributed by atoms with Gasteiger partial charge in [-0.1, -0.05) is 31.0 Å². The van der Waals surface area contributed by atoms with Gasteiger partial charge in [-0.25, -0.2) is 4.79 Å². The van der Waals surface area contributed by atoms with Gasteiger partial charge in [-0.3, -0.25) is 0 Å². The molecule has 0 saturated heterocycles. The van der Waals surface area contributed by atoms with Crippen LogP contribution in [0.1, 0.15) is 31.7 Å². The molecule has 0 saturated carbocycles. The third-order valence-electron chi connectivity index (χ3n) is 2.70. The van der Waals surface area contributed by atoms with E-state index in [2.05, 4.69) is 17.6 Å². The van der Waals surface area contributed by atoms with Crippen LogP contribution in [0.4, 0.5) is 10.5 Å². The molecule has 1 rings (SSSR count). The first-order chi connectivity index (χ1) is 9.22. The number of unbranched alkanes of at least 4 members (excludes halogenated alkanes) is 1. The quantitative estimate of drug-likeness (QED) is 0.708. The molecule has 0 heterocycles. The van der Waals surface area contributed by atoms with E-state index in [1.807, 2.05) is 31.2 Å². The summed E-state index contributed by atoms with van der Waals surface area (Å²) in [5, 5.41) is 5.60. The largest absolute Gasteiger partial charge is 0.381 e. The molecule has 106 valence electrons. The van der Waals surface area contributed by atoms with Crippen molar-refractivity contribution in [2.75, 3.05) is 25.1 Å². The highest BCUT2D eigenvalue weighted by Gasteiger charge is 2.00. The molecule has 19 heavy (non-hydrogen) atoms. The first-order valence-corrected chi connectivity index (χ1v) is 6.91. The number of amides is 2. The van der Waals surface area contributed by atoms with E-state index in [1.54, 1.807) is 0 Å². The lowest BCUT2D eigenvalue weighted by atomic mass is 10.2. The molecule has 0 aromatic heterocycles. The van der Waals surface area contributed by atoms with E-state index in [4.69, 9.17) is 4.74 Å². The zero-order chi connectivity index (χ0) is 13.9. The Morgan fingerprint density at radius 3 is 2.53 bits per heavy atom. The van der Waals surface area contributed by atoms with Gasteiger partial charge in [-0.05, 0) is 31.9 Å². The summed E-state index contributed by atoms with van der Waals surface area (Å²) >= 11 is 0. The summed E-state index contributed by atoms with van der Waals surface area (Å²) in [5.41, 5.74) is 1.98. The summed E-state index contributed by atoms with van der Waals surface area (Å²) in [6, 6.07) is 7.55. The summed E-state index contributed by atoms with van der Waals surface area (Å²) in [6.45, 7) is 6.30. The van der Waals surface area contributed by atoms with Gasteiger partial charge in [0.15, 0.2) is 0 Å². The molecule has 0 fully saturated rings. The Kier molecular flexibility index (Phi) is 7.66. The third kappa shape index (κ3) is 7.47. The van der Waals surface area contributed by atoms with Crippen LogP contribution in [0, 0.1) is 6.92 Å². The van der Waals surface area contributed by atoms with Crippen molar-refractivity contribution < 1.29 is 9.53 Å². The lowest BCUT2D eigenvalue weighted by Gasteiger charge is -2.08. The predicted octanol–water partition coefficient (Wildman–Crippen LogP) is 3.32. The molecule has 0 spiro atoms. The van der Waals surface area contributed by atoms with Crippen LogP contribution >= 0.6 is 0 Å². The van der Waals surface area contributed by atoms with E-state index in [9.17, 15) is 4.79 Å². The maximum absolute atomic E-state index is 11.6. The van der Waals surface area contributed by atoms with Crippen LogP contribution in [0.3, 0.4) is 0 Å². The summed E-state index contributed by atoms with van der Waals surface area (Å²) in [7, 11) is 0. The van der Waals surface area contributed by atoms with E-state index in [-0.39, 0.29) is 6.03 Å². The van der Waals surface area contributed by atoms with Gasteiger partial charge in [0.25, 0.3) is 0 Å². The van der Waals surface area contributed by atoms with E-state index in [0.717, 1.165) is 31.6 Å². The van der Waals surface area contributed by atoms with Gasteiger partial charge in [-0.15, -0.1) is 0 Å². The van der Waals surface area contributed by atoms with Gasteiger partial charge in [-0.2, -0.15) is 0 Å². The number of benzene rings is 1. The minimum absolute atomic E-state index is 0.169. The van der Waals surface area contributed by atoms with Crippen molar-refractivity contribution in [2.24, 2.45) is 0 Å². The molecule has 0 aliphatic heterocycles. The Bertz CT molecular complexity index is 363. The lowest BCUT2D eigenvalue weighted by molar-refractivity contribution is 0.129. The second kappa shape index (κ2) is 9.39. The van der Waals surface area contributed by atoms with Gasteiger partial charge in [0.05, 0.1) is 0 Å². The first-order valence-electron chi connectivity index (χ1n) is 6.91. The van der Waals surface area contributed by atoms with E-state index in [1.165, 1.54) is 5.56 Å². The number of hydrogen-bond acceptors (Lipinski definition) is 2. The van der Waals surface area contributed by atoms with Crippen molar-refractivity contribution in [1.29, 1.82) is 0 Å². The lowest BCUT2D eigenvalue weighted by Crippen LogP contribution is -2.30. The van der Waals surface area contributed by atoms with Crippen molar-refractivity contribution in [2.45, 2.75) is 33.1 Å². The summed E-state index contributed by atoms with van der Waals surface area (Å²) in [6.07, 6.45) is 3.09. The molecule has 4 nitrogen and oxygen atoms in total. The monoisotopic (exact) mass is 264 g/mol. The number of rotatable bonds is 8. The second-order valence-electron chi connectivity index (χ2n) is 4.57. The number of anilines is 1. The van der Waals surface area contributed by atoms with Crippen LogP contribution in [-0.4, -0.2) is 25.8 Å². The standard InChI is InChI=1S/C15H24N2O2/c1-3-4-11-19-12-5-10-16-15(18)17-14-8-6-13(2)7-9-14/h6-9H,3-5,10-12H2,1-2H3,(H2,16,17,18). The smallest absolute Gasteiger partial charge is 0.319 e. The van der Waals surface area contributed by atoms with Crippen LogP contribution in [0.25, 0.3) is 0 Å². The van der Waals surface area contributed by atoms with Crippen LogP contribution in [0.2, 0.25) is 0 Å². The molecule has 4 heteroatoms. The average Bonchev–Trinajstić information content (AvgIpc) is 2.40. The molecule has 2 N–H and O–H groups in total. The minimum atomic E-state index is -0.169. The number of carbonyl (C=O) groups excluding carboxylic acids is 1. The highest BCUT2D eigenvalue weighted by atomic mass is 16.5. The molecule has 0 aliphatic rings. The Balaban J connectivity index is 2.06. The number of nitrogens with one attached hydrogen (secondary N) is 2. The summed E-state index contributed by atoms with van der Waals surface area (Å²) in [4.78, 5) is 11.6. The van der Waals surface area contributed by atoms with Gasteiger partial charge < -0.3 is 15.4 Å². The van der Waals surface area contributed by atoms with Gasteiger partial charge in [0, 0.05) is 25.4 Å². The average molecular weight is 264 g/mol. The van der Waals surface area contributed by atoms with Crippen LogP contribution < -0.4 is 10.6 Å². The molecule has 1 aromatic carbocycles. The fourth-order valence-electron chi connectivity index (χ4n) is 1.54. The molecule has 0 aliphatic carbocycles. The number of urea groups is 1. The van der Waals surface area contributed by atoms with Crippen LogP contribution in [0.5, 0.6) is 0 Å². The zero-order valence-corrected chi connectivity index (χ0v) is 11.9. The Hall–Kier alpha value is -1.55. The van der Waals surface area contributed by atoms with E-state index in [0.29, 0.717) is 13.2 Å². The minimum Gasteiger partial charge on any atom is -0.381 e. The van der Waals surface area contributed by atoms with Crippen molar-refractivity contribution in [3.05, 3.63) is 29.8 Å². The fraction of sp³-hybridized carbons (Fsp3) is 0.533. The molecule has 0 unspecified atom stereocenters. The van der Waals surface area contributed by atoms with Crippen molar-refractivity contribution >= 4 is 11.7 Å². The van der Waals surface area contributed by atoms with E-state index < -0.39 is 0 Å². The van der Waals surface area contributed by atoms with Crippen LogP contribution in [-0.2, 0) is 4.74 Å². The summed E-state index contributed by atoms with van der Waals surface area (Å²) in [5.74, 6) is 0. The number of hydrogen-bond donors (Lipinski definition) is 2. The number of carbonyl (C=O) groups is 1. The maximum atomic E-state index is 11.6. The number of ether oxygens (including phenoxy) is 1. The van der Waals surface area contributed by atoms with Crippen molar-refractivity contribution in [3.63, 3.8) is 0 Å². The van der Waals surface area contributed by atoms with E-state index >= 15 is 0 Å². The summed E-state index contributed by atoms with van der Waals surface area (Å²) < 4.78 is 5.42. The maximum Gasteiger partial charge on any atom is 0.319 e. The third-order valence-corrected chi connectivity index (χ3v) is 2.70. The fourth-order valence-corrected chi connectivity index (χ4v) is 1.54. The molecule has 1 aromatic rings. The Morgan fingerprint density at radius 2 is 1.84 bits per heavy atom. The van der Waals surface area contributed by atoms with Crippen LogP contribution in [0.15, 0.2) is 24.3 Å². The van der Waals surface area contributed by atoms with Gasteiger partial charge >= 0.3 is 6.03 Å². The Morgan fingerprint density at radius 1 is 1.16 bits per heavy atom. The zero-order valence-electron chi connectivity index (χ0n) is 11.9. The topological polar surface area (TPSA) is 50.4 Å². The predicted molar refractivity (Wildman–Crippen MR) is 78.5 cm³/mol. The molecule has 0 atom stereocenters. The Labute approximate surface area is 115 Å².